The van der Waals surface area contributed by atoms with E-state index in [9.17, 15) is 14.4 Å². The lowest BCUT2D eigenvalue weighted by atomic mass is 10.2. The molecule has 8 heteroatoms. The van der Waals surface area contributed by atoms with E-state index in [0.29, 0.717) is 34.6 Å². The Balaban J connectivity index is 1.94. The second-order valence-corrected chi connectivity index (χ2v) is 6.05. The zero-order valence-electron chi connectivity index (χ0n) is 15.9. The second-order valence-electron chi connectivity index (χ2n) is 6.05. The van der Waals surface area contributed by atoms with Crippen molar-refractivity contribution in [2.24, 2.45) is 0 Å². The maximum absolute atomic E-state index is 12.7. The zero-order chi connectivity index (χ0) is 20.3. The highest BCUT2D eigenvalue weighted by Gasteiger charge is 2.15. The Morgan fingerprint density at radius 2 is 1.71 bits per heavy atom. The van der Waals surface area contributed by atoms with Gasteiger partial charge in [0, 0.05) is 18.3 Å². The number of fused-ring (bicyclic) bond motifs is 1. The first kappa shape index (κ1) is 19.2. The number of nitrogens with zero attached hydrogens (tertiary/aromatic N) is 2. The van der Waals surface area contributed by atoms with Crippen LogP contribution in [0.15, 0.2) is 52.1 Å². The van der Waals surface area contributed by atoms with Gasteiger partial charge in [0.25, 0.3) is 5.56 Å². The maximum atomic E-state index is 12.7. The summed E-state index contributed by atoms with van der Waals surface area (Å²) in [5.74, 6) is 0.484. The molecular formula is C20H21N3O5. The largest absolute Gasteiger partial charge is 0.493 e. The monoisotopic (exact) mass is 383 g/mol. The minimum absolute atomic E-state index is 0.386. The van der Waals surface area contributed by atoms with Crippen molar-refractivity contribution in [1.29, 1.82) is 0 Å². The molecule has 0 aliphatic rings. The number of nitrogens with one attached hydrogen (secondary N) is 1. The topological polar surface area (TPSA) is 91.6 Å². The van der Waals surface area contributed by atoms with Crippen LogP contribution in [0.25, 0.3) is 10.9 Å². The van der Waals surface area contributed by atoms with Gasteiger partial charge in [-0.3, -0.25) is 18.7 Å². The number of anilines is 1. The molecule has 0 saturated carbocycles. The van der Waals surface area contributed by atoms with E-state index in [4.69, 9.17) is 9.47 Å². The van der Waals surface area contributed by atoms with Crippen molar-refractivity contribution in [1.82, 2.24) is 9.13 Å². The van der Waals surface area contributed by atoms with Crippen molar-refractivity contribution in [3.8, 4) is 11.5 Å². The average molecular weight is 383 g/mol. The molecule has 2 aromatic carbocycles. The Morgan fingerprint density at radius 1 is 1.00 bits per heavy atom. The molecule has 0 saturated heterocycles. The molecule has 0 aliphatic carbocycles. The van der Waals surface area contributed by atoms with E-state index in [-0.39, 0.29) is 0 Å². The Kier molecular flexibility index (Phi) is 5.49. The van der Waals surface area contributed by atoms with Crippen molar-refractivity contribution in [2.75, 3.05) is 19.5 Å². The molecule has 0 atom stereocenters. The number of aromatic nitrogens is 2. The van der Waals surface area contributed by atoms with Gasteiger partial charge in [0.2, 0.25) is 5.91 Å². The van der Waals surface area contributed by atoms with Crippen LogP contribution in [0.4, 0.5) is 5.69 Å². The van der Waals surface area contributed by atoms with Gasteiger partial charge in [-0.25, -0.2) is 4.79 Å². The number of para-hydroxylation sites is 1. The van der Waals surface area contributed by atoms with Gasteiger partial charge in [-0.05, 0) is 31.2 Å². The standard InChI is InChI=1S/C20H21N3O5/c1-4-22-15-8-6-5-7-14(15)19(25)23(20(22)26)12-18(24)21-13-9-10-16(27-2)17(11-13)28-3/h5-11H,4,12H2,1-3H3,(H,21,24). The molecule has 3 aromatic rings. The molecule has 1 N–H and O–H groups in total. The highest BCUT2D eigenvalue weighted by Crippen LogP contribution is 2.29. The second kappa shape index (κ2) is 7.99. The molecule has 0 bridgehead atoms. The molecule has 0 unspecified atom stereocenters. The van der Waals surface area contributed by atoms with Crippen molar-refractivity contribution >= 4 is 22.5 Å². The highest BCUT2D eigenvalue weighted by molar-refractivity contribution is 5.91. The van der Waals surface area contributed by atoms with Crippen LogP contribution < -0.4 is 26.0 Å². The van der Waals surface area contributed by atoms with Gasteiger partial charge in [0.05, 0.1) is 25.1 Å². The normalized spacial score (nSPS) is 10.7. The average Bonchev–Trinajstić information content (AvgIpc) is 2.71. The lowest BCUT2D eigenvalue weighted by Gasteiger charge is -2.13. The molecule has 28 heavy (non-hydrogen) atoms. The van der Waals surface area contributed by atoms with E-state index in [1.54, 1.807) is 42.5 Å². The number of hydrogen-bond acceptors (Lipinski definition) is 5. The molecule has 1 amide bonds. The minimum atomic E-state index is -0.520. The van der Waals surface area contributed by atoms with E-state index in [1.165, 1.54) is 18.8 Å². The molecule has 0 aliphatic heterocycles. The number of amides is 1. The van der Waals surface area contributed by atoms with Crippen LogP contribution in [-0.4, -0.2) is 29.3 Å². The van der Waals surface area contributed by atoms with Gasteiger partial charge >= 0.3 is 5.69 Å². The minimum Gasteiger partial charge on any atom is -0.493 e. The molecule has 0 spiro atoms. The summed E-state index contributed by atoms with van der Waals surface area (Å²) >= 11 is 0. The lowest BCUT2D eigenvalue weighted by molar-refractivity contribution is -0.116. The molecule has 1 heterocycles. The summed E-state index contributed by atoms with van der Waals surface area (Å²) < 4.78 is 12.8. The van der Waals surface area contributed by atoms with Crippen LogP contribution in [-0.2, 0) is 17.9 Å². The highest BCUT2D eigenvalue weighted by atomic mass is 16.5. The van der Waals surface area contributed by atoms with Crippen LogP contribution in [0.1, 0.15) is 6.92 Å². The SMILES string of the molecule is CCn1c(=O)n(CC(=O)Nc2ccc(OC)c(OC)c2)c(=O)c2ccccc21. The first-order valence-corrected chi connectivity index (χ1v) is 8.74. The fourth-order valence-corrected chi connectivity index (χ4v) is 3.07. The van der Waals surface area contributed by atoms with Crippen molar-refractivity contribution in [3.63, 3.8) is 0 Å². The summed E-state index contributed by atoms with van der Waals surface area (Å²) in [7, 11) is 3.01. The van der Waals surface area contributed by atoms with Crippen LogP contribution in [0.3, 0.4) is 0 Å². The van der Waals surface area contributed by atoms with Crippen LogP contribution in [0.5, 0.6) is 11.5 Å². The summed E-state index contributed by atoms with van der Waals surface area (Å²) in [5.41, 5.74) is 0.00489. The summed E-state index contributed by atoms with van der Waals surface area (Å²) in [4.78, 5) is 37.9. The molecular weight excluding hydrogens is 362 g/mol. The Bertz CT molecular complexity index is 1150. The maximum Gasteiger partial charge on any atom is 0.331 e. The Morgan fingerprint density at radius 3 is 2.39 bits per heavy atom. The number of carbonyl (C=O) groups is 1. The van der Waals surface area contributed by atoms with E-state index >= 15 is 0 Å². The van der Waals surface area contributed by atoms with Gasteiger partial charge < -0.3 is 14.8 Å². The molecule has 1 aromatic heterocycles. The zero-order valence-corrected chi connectivity index (χ0v) is 15.9. The fraction of sp³-hybridized carbons (Fsp3) is 0.250. The van der Waals surface area contributed by atoms with Gasteiger partial charge in [-0.2, -0.15) is 0 Å². The number of hydrogen-bond donors (Lipinski definition) is 1. The smallest absolute Gasteiger partial charge is 0.331 e. The number of carbonyl (C=O) groups excluding carboxylic acids is 1. The predicted octanol–water partition coefficient (Wildman–Crippen LogP) is 1.84. The molecule has 8 nitrogen and oxygen atoms in total. The van der Waals surface area contributed by atoms with Crippen LogP contribution in [0, 0.1) is 0 Å². The third-order valence-electron chi connectivity index (χ3n) is 4.42. The molecule has 0 fully saturated rings. The summed E-state index contributed by atoms with van der Waals surface area (Å²) in [6, 6.07) is 11.8. The van der Waals surface area contributed by atoms with E-state index in [1.807, 2.05) is 6.92 Å². The first-order chi connectivity index (χ1) is 13.5. The third kappa shape index (κ3) is 3.48. The molecule has 3 rings (SSSR count). The van der Waals surface area contributed by atoms with Crippen LogP contribution in [0.2, 0.25) is 0 Å². The quantitative estimate of drug-likeness (QED) is 0.701. The van der Waals surface area contributed by atoms with Crippen molar-refractivity contribution in [2.45, 2.75) is 20.0 Å². The van der Waals surface area contributed by atoms with E-state index < -0.39 is 23.7 Å². The summed E-state index contributed by atoms with van der Waals surface area (Å²) in [6.45, 7) is 1.81. The Hall–Kier alpha value is -3.55. The van der Waals surface area contributed by atoms with E-state index in [2.05, 4.69) is 5.32 Å². The van der Waals surface area contributed by atoms with Gasteiger partial charge in [-0.15, -0.1) is 0 Å². The van der Waals surface area contributed by atoms with Gasteiger partial charge in [-0.1, -0.05) is 12.1 Å². The lowest BCUT2D eigenvalue weighted by Crippen LogP contribution is -2.42. The summed E-state index contributed by atoms with van der Waals surface area (Å²) in [6.07, 6.45) is 0. The summed E-state index contributed by atoms with van der Waals surface area (Å²) in [5, 5.41) is 3.07. The number of benzene rings is 2. The number of ether oxygens (including phenoxy) is 2. The molecule has 146 valence electrons. The van der Waals surface area contributed by atoms with Gasteiger partial charge in [0.15, 0.2) is 11.5 Å². The number of methoxy groups -OCH3 is 2. The Labute approximate surface area is 160 Å². The predicted molar refractivity (Wildman–Crippen MR) is 106 cm³/mol. The van der Waals surface area contributed by atoms with Gasteiger partial charge in [0.1, 0.15) is 6.54 Å². The fourth-order valence-electron chi connectivity index (χ4n) is 3.07. The van der Waals surface area contributed by atoms with Crippen molar-refractivity contribution in [3.05, 3.63) is 63.3 Å². The van der Waals surface area contributed by atoms with Crippen LogP contribution >= 0.6 is 0 Å². The number of aryl methyl sites for hydroxylation is 1. The number of rotatable bonds is 6. The molecule has 0 radical (unpaired) electrons. The van der Waals surface area contributed by atoms with E-state index in [0.717, 1.165) is 4.57 Å². The van der Waals surface area contributed by atoms with Crippen molar-refractivity contribution < 1.29 is 14.3 Å². The first-order valence-electron chi connectivity index (χ1n) is 8.74. The third-order valence-corrected chi connectivity index (χ3v) is 4.42.